The number of hydrogen-bond donors (Lipinski definition) is 1. The van der Waals surface area contributed by atoms with Gasteiger partial charge >= 0.3 is 0 Å². The van der Waals surface area contributed by atoms with Crippen LogP contribution >= 0.6 is 0 Å². The molecular weight excluding hydrogens is 256 g/mol. The first-order valence-corrected chi connectivity index (χ1v) is 6.85. The highest BCUT2D eigenvalue weighted by atomic mass is 16.5. The SMILES string of the molecule is COc1cc(C)ccc1OCC(=O)N(C)[C@@H]1CCNC1. The molecule has 1 saturated heterocycles. The van der Waals surface area contributed by atoms with Crippen LogP contribution in [0, 0.1) is 6.92 Å². The lowest BCUT2D eigenvalue weighted by Gasteiger charge is -2.24. The van der Waals surface area contributed by atoms with Crippen molar-refractivity contribution in [1.29, 1.82) is 0 Å². The molecule has 0 saturated carbocycles. The molecule has 110 valence electrons. The number of aryl methyl sites for hydroxylation is 1. The Morgan fingerprint density at radius 1 is 1.45 bits per heavy atom. The number of amides is 1. The Morgan fingerprint density at radius 3 is 2.90 bits per heavy atom. The quantitative estimate of drug-likeness (QED) is 0.879. The highest BCUT2D eigenvalue weighted by Gasteiger charge is 2.23. The van der Waals surface area contributed by atoms with Gasteiger partial charge in [0.15, 0.2) is 18.1 Å². The van der Waals surface area contributed by atoms with Crippen LogP contribution in [0.4, 0.5) is 0 Å². The summed E-state index contributed by atoms with van der Waals surface area (Å²) in [6.45, 7) is 3.84. The molecule has 1 amide bonds. The van der Waals surface area contributed by atoms with Gasteiger partial charge in [-0.1, -0.05) is 6.07 Å². The van der Waals surface area contributed by atoms with Crippen molar-refractivity contribution < 1.29 is 14.3 Å². The molecule has 5 heteroatoms. The molecule has 0 bridgehead atoms. The van der Waals surface area contributed by atoms with Crippen molar-refractivity contribution in [2.24, 2.45) is 0 Å². The summed E-state index contributed by atoms with van der Waals surface area (Å²) in [4.78, 5) is 13.9. The topological polar surface area (TPSA) is 50.8 Å². The minimum Gasteiger partial charge on any atom is -0.493 e. The molecule has 0 aromatic heterocycles. The number of carbonyl (C=O) groups excluding carboxylic acids is 1. The van der Waals surface area contributed by atoms with Crippen LogP contribution in [0.5, 0.6) is 11.5 Å². The number of methoxy groups -OCH3 is 1. The number of carbonyl (C=O) groups is 1. The Hall–Kier alpha value is -1.75. The monoisotopic (exact) mass is 278 g/mol. The molecule has 1 aromatic rings. The average molecular weight is 278 g/mol. The summed E-state index contributed by atoms with van der Waals surface area (Å²) in [5.41, 5.74) is 1.09. The fraction of sp³-hybridized carbons (Fsp3) is 0.533. The van der Waals surface area contributed by atoms with Crippen LogP contribution in [0.3, 0.4) is 0 Å². The van der Waals surface area contributed by atoms with E-state index in [0.717, 1.165) is 25.1 Å². The van der Waals surface area contributed by atoms with Crippen LogP contribution in [0.15, 0.2) is 18.2 Å². The van der Waals surface area contributed by atoms with Crippen LogP contribution < -0.4 is 14.8 Å². The van der Waals surface area contributed by atoms with Crippen LogP contribution in [0.2, 0.25) is 0 Å². The minimum atomic E-state index is -0.0127. The van der Waals surface area contributed by atoms with E-state index >= 15 is 0 Å². The lowest BCUT2D eigenvalue weighted by atomic mass is 10.2. The molecule has 20 heavy (non-hydrogen) atoms. The maximum Gasteiger partial charge on any atom is 0.260 e. The highest BCUT2D eigenvalue weighted by Crippen LogP contribution is 2.27. The molecule has 1 heterocycles. The third kappa shape index (κ3) is 3.42. The van der Waals surface area contributed by atoms with E-state index in [1.807, 2.05) is 32.2 Å². The molecule has 0 radical (unpaired) electrons. The fourth-order valence-corrected chi connectivity index (χ4v) is 2.31. The van der Waals surface area contributed by atoms with Crippen LogP contribution in [-0.4, -0.2) is 50.7 Å². The van der Waals surface area contributed by atoms with Crippen molar-refractivity contribution in [2.45, 2.75) is 19.4 Å². The first-order chi connectivity index (χ1) is 9.61. The van der Waals surface area contributed by atoms with Gasteiger partial charge in [-0.15, -0.1) is 0 Å². The summed E-state index contributed by atoms with van der Waals surface area (Å²) in [7, 11) is 3.43. The Bertz CT molecular complexity index is 470. The molecule has 1 aromatic carbocycles. The van der Waals surface area contributed by atoms with Gasteiger partial charge in [-0.05, 0) is 37.6 Å². The second kappa shape index (κ2) is 6.61. The lowest BCUT2D eigenvalue weighted by molar-refractivity contribution is -0.133. The number of hydrogen-bond acceptors (Lipinski definition) is 4. The third-order valence-electron chi connectivity index (χ3n) is 3.65. The van der Waals surface area contributed by atoms with E-state index in [1.54, 1.807) is 12.0 Å². The Morgan fingerprint density at radius 2 is 2.25 bits per heavy atom. The van der Waals surface area contributed by atoms with Crippen molar-refractivity contribution >= 4 is 5.91 Å². The second-order valence-corrected chi connectivity index (χ2v) is 5.09. The van der Waals surface area contributed by atoms with E-state index in [-0.39, 0.29) is 18.6 Å². The van der Waals surface area contributed by atoms with E-state index in [4.69, 9.17) is 9.47 Å². The van der Waals surface area contributed by atoms with Crippen molar-refractivity contribution in [3.8, 4) is 11.5 Å². The zero-order valence-electron chi connectivity index (χ0n) is 12.3. The fourth-order valence-electron chi connectivity index (χ4n) is 2.31. The molecule has 1 N–H and O–H groups in total. The minimum absolute atomic E-state index is 0.0127. The van der Waals surface area contributed by atoms with Crippen molar-refractivity contribution in [2.75, 3.05) is 33.9 Å². The molecule has 0 aliphatic carbocycles. The summed E-state index contributed by atoms with van der Waals surface area (Å²) in [6.07, 6.45) is 0.996. The van der Waals surface area contributed by atoms with Gasteiger partial charge < -0.3 is 19.7 Å². The first-order valence-electron chi connectivity index (χ1n) is 6.85. The maximum absolute atomic E-state index is 12.1. The summed E-state index contributed by atoms with van der Waals surface area (Å²) < 4.78 is 10.8. The Kier molecular flexibility index (Phi) is 4.84. The maximum atomic E-state index is 12.1. The van der Waals surface area contributed by atoms with Crippen molar-refractivity contribution in [3.05, 3.63) is 23.8 Å². The normalized spacial score (nSPS) is 17.9. The lowest BCUT2D eigenvalue weighted by Crippen LogP contribution is -2.40. The van der Waals surface area contributed by atoms with Crippen LogP contribution in [-0.2, 0) is 4.79 Å². The van der Waals surface area contributed by atoms with E-state index in [0.29, 0.717) is 11.5 Å². The number of nitrogens with zero attached hydrogens (tertiary/aromatic N) is 1. The number of nitrogens with one attached hydrogen (secondary N) is 1. The van der Waals surface area contributed by atoms with Gasteiger partial charge in [-0.2, -0.15) is 0 Å². The number of benzene rings is 1. The predicted octanol–water partition coefficient (Wildman–Crippen LogP) is 1.20. The molecule has 1 aliphatic rings. The van der Waals surface area contributed by atoms with Gasteiger partial charge in [-0.3, -0.25) is 4.79 Å². The Balaban J connectivity index is 1.92. The largest absolute Gasteiger partial charge is 0.493 e. The summed E-state index contributed by atoms with van der Waals surface area (Å²) in [5, 5.41) is 3.25. The van der Waals surface area contributed by atoms with Crippen molar-refractivity contribution in [1.82, 2.24) is 10.2 Å². The van der Waals surface area contributed by atoms with E-state index in [9.17, 15) is 4.79 Å². The second-order valence-electron chi connectivity index (χ2n) is 5.09. The smallest absolute Gasteiger partial charge is 0.260 e. The van der Waals surface area contributed by atoms with Gasteiger partial charge in [0.05, 0.1) is 7.11 Å². The standard InChI is InChI=1S/C15H22N2O3/c1-11-4-5-13(14(8-11)19-3)20-10-15(18)17(2)12-6-7-16-9-12/h4-5,8,12,16H,6-7,9-10H2,1-3H3/t12-/m1/s1. The van der Waals surface area contributed by atoms with E-state index < -0.39 is 0 Å². The Labute approximate surface area is 119 Å². The van der Waals surface area contributed by atoms with Crippen LogP contribution in [0.25, 0.3) is 0 Å². The molecule has 5 nitrogen and oxygen atoms in total. The van der Waals surface area contributed by atoms with E-state index in [2.05, 4.69) is 5.32 Å². The van der Waals surface area contributed by atoms with Gasteiger partial charge in [0.2, 0.25) is 0 Å². The van der Waals surface area contributed by atoms with Gasteiger partial charge in [-0.25, -0.2) is 0 Å². The third-order valence-corrected chi connectivity index (χ3v) is 3.65. The average Bonchev–Trinajstić information content (AvgIpc) is 2.98. The number of likely N-dealkylation sites (N-methyl/N-ethyl adjacent to an activating group) is 1. The van der Waals surface area contributed by atoms with Gasteiger partial charge in [0.25, 0.3) is 5.91 Å². The molecule has 2 rings (SSSR count). The number of rotatable bonds is 5. The zero-order valence-corrected chi connectivity index (χ0v) is 12.3. The molecule has 0 spiro atoms. The summed E-state index contributed by atoms with van der Waals surface area (Å²) in [5.74, 6) is 1.24. The molecule has 0 unspecified atom stereocenters. The molecule has 1 atom stereocenters. The molecule has 1 fully saturated rings. The first kappa shape index (κ1) is 14.7. The summed E-state index contributed by atoms with van der Waals surface area (Å²) in [6, 6.07) is 5.93. The highest BCUT2D eigenvalue weighted by molar-refractivity contribution is 5.78. The summed E-state index contributed by atoms with van der Waals surface area (Å²) >= 11 is 0. The van der Waals surface area contributed by atoms with Gasteiger partial charge in [0, 0.05) is 19.6 Å². The number of ether oxygens (including phenoxy) is 2. The van der Waals surface area contributed by atoms with Crippen molar-refractivity contribution in [3.63, 3.8) is 0 Å². The van der Waals surface area contributed by atoms with Gasteiger partial charge in [0.1, 0.15) is 0 Å². The molecular formula is C15H22N2O3. The van der Waals surface area contributed by atoms with Crippen LogP contribution in [0.1, 0.15) is 12.0 Å². The zero-order chi connectivity index (χ0) is 14.5. The predicted molar refractivity (Wildman–Crippen MR) is 77.3 cm³/mol. The molecule has 1 aliphatic heterocycles. The van der Waals surface area contributed by atoms with E-state index in [1.165, 1.54) is 0 Å².